The van der Waals surface area contributed by atoms with Crippen LogP contribution in [0.25, 0.3) is 55.0 Å². The van der Waals surface area contributed by atoms with Gasteiger partial charge >= 0.3 is 0 Å². The standard InChI is InChI=1S/C53H33NO2/c1-2-14-36(15-3-1)54(37-28-25-35(26-29-37)40-19-12-20-44-43-18-7-10-23-48(43)56-52(40)44)38-30-31-42-41-17-6-8-21-45(41)53(47(42)33-38)46-22-9-11-24-49(46)55-50-32-27-34-13-4-5-16-39(34)51(50)53/h1-33H. The number of nitrogens with zero attached hydrogens (tertiary/aromatic N) is 1. The Kier molecular flexibility index (Phi) is 6.55. The van der Waals surface area contributed by atoms with Crippen molar-refractivity contribution in [1.82, 2.24) is 0 Å². The van der Waals surface area contributed by atoms with E-state index in [1.54, 1.807) is 0 Å². The van der Waals surface area contributed by atoms with Gasteiger partial charge in [0.05, 0.1) is 5.41 Å². The molecule has 3 nitrogen and oxygen atoms in total. The second-order valence-corrected chi connectivity index (χ2v) is 14.8. The van der Waals surface area contributed by atoms with E-state index in [1.807, 2.05) is 12.1 Å². The summed E-state index contributed by atoms with van der Waals surface area (Å²) in [5.74, 6) is 1.78. The highest BCUT2D eigenvalue weighted by atomic mass is 16.5. The minimum Gasteiger partial charge on any atom is -0.457 e. The Labute approximate surface area is 324 Å². The molecule has 1 aliphatic heterocycles. The highest BCUT2D eigenvalue weighted by Gasteiger charge is 2.52. The molecule has 0 saturated heterocycles. The van der Waals surface area contributed by atoms with Gasteiger partial charge in [0, 0.05) is 44.5 Å². The monoisotopic (exact) mass is 715 g/mol. The van der Waals surface area contributed by atoms with Crippen LogP contribution in [0.1, 0.15) is 22.3 Å². The van der Waals surface area contributed by atoms with Crippen molar-refractivity contribution in [2.24, 2.45) is 0 Å². The molecule has 1 unspecified atom stereocenters. The van der Waals surface area contributed by atoms with Crippen molar-refractivity contribution in [3.8, 4) is 33.8 Å². The Bertz CT molecular complexity index is 3180. The first-order valence-corrected chi connectivity index (χ1v) is 19.2. The zero-order chi connectivity index (χ0) is 36.8. The van der Waals surface area contributed by atoms with Gasteiger partial charge in [-0.1, -0.05) is 146 Å². The lowest BCUT2D eigenvalue weighted by atomic mass is 9.65. The maximum atomic E-state index is 6.79. The molecule has 9 aromatic carbocycles. The molecule has 2 heterocycles. The zero-order valence-corrected chi connectivity index (χ0v) is 30.3. The van der Waals surface area contributed by atoms with Crippen LogP contribution in [0.2, 0.25) is 0 Å². The molecule has 1 aromatic heterocycles. The van der Waals surface area contributed by atoms with E-state index in [4.69, 9.17) is 9.15 Å². The fourth-order valence-corrected chi connectivity index (χ4v) is 9.60. The summed E-state index contributed by atoms with van der Waals surface area (Å²) >= 11 is 0. The van der Waals surface area contributed by atoms with Gasteiger partial charge in [-0.3, -0.25) is 0 Å². The van der Waals surface area contributed by atoms with Gasteiger partial charge < -0.3 is 14.1 Å². The summed E-state index contributed by atoms with van der Waals surface area (Å²) in [6, 6.07) is 71.9. The van der Waals surface area contributed by atoms with Crippen LogP contribution in [-0.4, -0.2) is 0 Å². The number of anilines is 3. The van der Waals surface area contributed by atoms with Gasteiger partial charge in [-0.25, -0.2) is 0 Å². The molecule has 0 radical (unpaired) electrons. The minimum absolute atomic E-state index is 0.607. The van der Waals surface area contributed by atoms with E-state index in [9.17, 15) is 0 Å². The van der Waals surface area contributed by atoms with Gasteiger partial charge in [-0.2, -0.15) is 0 Å². The zero-order valence-electron chi connectivity index (χ0n) is 30.3. The van der Waals surface area contributed by atoms with Crippen molar-refractivity contribution >= 4 is 49.8 Å². The molecule has 0 saturated carbocycles. The number of hydrogen-bond acceptors (Lipinski definition) is 3. The van der Waals surface area contributed by atoms with Crippen LogP contribution in [-0.2, 0) is 5.41 Å². The van der Waals surface area contributed by atoms with Crippen LogP contribution >= 0.6 is 0 Å². The SMILES string of the molecule is c1ccc(N(c2ccc(-c3cccc4c3oc3ccccc34)cc2)c2ccc3c(c2)C2(c4ccccc4Oc4ccc5ccccc5c42)c2ccccc2-3)cc1. The Morgan fingerprint density at radius 1 is 0.393 bits per heavy atom. The van der Waals surface area contributed by atoms with Crippen molar-refractivity contribution in [1.29, 1.82) is 0 Å². The Morgan fingerprint density at radius 3 is 1.95 bits per heavy atom. The lowest BCUT2D eigenvalue weighted by Crippen LogP contribution is -2.32. The number of para-hydroxylation sites is 4. The highest BCUT2D eigenvalue weighted by molar-refractivity contribution is 6.09. The van der Waals surface area contributed by atoms with Crippen molar-refractivity contribution in [3.63, 3.8) is 0 Å². The topological polar surface area (TPSA) is 25.6 Å². The fourth-order valence-electron chi connectivity index (χ4n) is 9.60. The van der Waals surface area contributed by atoms with E-state index in [2.05, 4.69) is 193 Å². The van der Waals surface area contributed by atoms with E-state index >= 15 is 0 Å². The Balaban J connectivity index is 1.08. The molecule has 1 aliphatic carbocycles. The van der Waals surface area contributed by atoms with Crippen LogP contribution in [0.5, 0.6) is 11.5 Å². The van der Waals surface area contributed by atoms with Crippen LogP contribution in [0.3, 0.4) is 0 Å². The molecular weight excluding hydrogens is 683 g/mol. The minimum atomic E-state index is -0.607. The lowest BCUT2D eigenvalue weighted by molar-refractivity contribution is 0.438. The molecule has 3 heteroatoms. The van der Waals surface area contributed by atoms with Crippen LogP contribution in [0.4, 0.5) is 17.1 Å². The maximum absolute atomic E-state index is 6.79. The summed E-state index contributed by atoms with van der Waals surface area (Å²) in [5, 5.41) is 4.66. The predicted octanol–water partition coefficient (Wildman–Crippen LogP) is 14.3. The number of ether oxygens (including phenoxy) is 1. The molecule has 2 aliphatic rings. The number of fused-ring (bicyclic) bond motifs is 14. The molecule has 0 amide bonds. The molecule has 1 spiro atoms. The largest absolute Gasteiger partial charge is 0.457 e. The number of rotatable bonds is 4. The second kappa shape index (κ2) is 11.8. The van der Waals surface area contributed by atoms with Crippen LogP contribution in [0, 0.1) is 0 Å². The first kappa shape index (κ1) is 31.0. The van der Waals surface area contributed by atoms with Gasteiger partial charge in [-0.05, 0) is 93.2 Å². The molecule has 0 N–H and O–H groups in total. The van der Waals surface area contributed by atoms with Crippen LogP contribution < -0.4 is 9.64 Å². The van der Waals surface area contributed by atoms with E-state index in [1.165, 1.54) is 38.6 Å². The average Bonchev–Trinajstić information content (AvgIpc) is 3.78. The quantitative estimate of drug-likeness (QED) is 0.181. The lowest BCUT2D eigenvalue weighted by Gasteiger charge is -2.40. The summed E-state index contributed by atoms with van der Waals surface area (Å²) in [5.41, 5.74) is 14.0. The first-order chi connectivity index (χ1) is 27.8. The normalized spacial score (nSPS) is 15.0. The molecule has 1 atom stereocenters. The third kappa shape index (κ3) is 4.28. The van der Waals surface area contributed by atoms with Crippen molar-refractivity contribution < 1.29 is 9.15 Å². The van der Waals surface area contributed by atoms with Crippen molar-refractivity contribution in [3.05, 3.63) is 222 Å². The fraction of sp³-hybridized carbons (Fsp3) is 0.0189. The van der Waals surface area contributed by atoms with Gasteiger partial charge in [0.1, 0.15) is 22.7 Å². The third-order valence-corrected chi connectivity index (χ3v) is 11.9. The van der Waals surface area contributed by atoms with E-state index < -0.39 is 5.41 Å². The average molecular weight is 716 g/mol. The van der Waals surface area contributed by atoms with Gasteiger partial charge in [0.25, 0.3) is 0 Å². The smallest absolute Gasteiger partial charge is 0.143 e. The summed E-state index contributed by atoms with van der Waals surface area (Å²) < 4.78 is 13.2. The Hall–Kier alpha value is -7.36. The molecule has 12 rings (SSSR count). The first-order valence-electron chi connectivity index (χ1n) is 19.2. The Morgan fingerprint density at radius 2 is 1.05 bits per heavy atom. The van der Waals surface area contributed by atoms with Crippen LogP contribution in [0.15, 0.2) is 205 Å². The number of furan rings is 1. The summed E-state index contributed by atoms with van der Waals surface area (Å²) in [6.45, 7) is 0. The molecular formula is C53H33NO2. The second-order valence-electron chi connectivity index (χ2n) is 14.8. The van der Waals surface area contributed by atoms with Gasteiger partial charge in [0.15, 0.2) is 0 Å². The molecule has 0 bridgehead atoms. The predicted molar refractivity (Wildman–Crippen MR) is 229 cm³/mol. The molecule has 262 valence electrons. The maximum Gasteiger partial charge on any atom is 0.143 e. The molecule has 56 heavy (non-hydrogen) atoms. The van der Waals surface area contributed by atoms with E-state index in [0.29, 0.717) is 0 Å². The molecule has 10 aromatic rings. The van der Waals surface area contributed by atoms with E-state index in [-0.39, 0.29) is 0 Å². The van der Waals surface area contributed by atoms with E-state index in [0.717, 1.165) is 67.2 Å². The highest BCUT2D eigenvalue weighted by Crippen LogP contribution is 2.64. The van der Waals surface area contributed by atoms with Gasteiger partial charge in [-0.15, -0.1) is 0 Å². The van der Waals surface area contributed by atoms with Gasteiger partial charge in [0.2, 0.25) is 0 Å². The third-order valence-electron chi connectivity index (χ3n) is 11.9. The molecule has 0 fully saturated rings. The summed E-state index contributed by atoms with van der Waals surface area (Å²) in [6.07, 6.45) is 0. The number of hydrogen-bond donors (Lipinski definition) is 0. The summed E-state index contributed by atoms with van der Waals surface area (Å²) in [7, 11) is 0. The summed E-state index contributed by atoms with van der Waals surface area (Å²) in [4.78, 5) is 2.37. The van der Waals surface area contributed by atoms with Crippen molar-refractivity contribution in [2.75, 3.05) is 4.90 Å². The number of benzene rings is 9. The van der Waals surface area contributed by atoms with Crippen molar-refractivity contribution in [2.45, 2.75) is 5.41 Å².